The molecule has 1 heterocycles. The van der Waals surface area contributed by atoms with Crippen molar-refractivity contribution >= 4 is 23.2 Å². The van der Waals surface area contributed by atoms with Crippen LogP contribution in [0.2, 0.25) is 0 Å². The first-order valence-corrected chi connectivity index (χ1v) is 6.43. The molecule has 0 aromatic carbocycles. The quantitative estimate of drug-likeness (QED) is 0.817. The van der Waals surface area contributed by atoms with Crippen molar-refractivity contribution in [1.82, 2.24) is 5.32 Å². The summed E-state index contributed by atoms with van der Waals surface area (Å²) in [4.78, 5) is 22.5. The van der Waals surface area contributed by atoms with Crippen molar-refractivity contribution in [3.05, 3.63) is 22.4 Å². The van der Waals surface area contributed by atoms with Crippen molar-refractivity contribution < 1.29 is 14.7 Å². The summed E-state index contributed by atoms with van der Waals surface area (Å²) in [5.41, 5.74) is 0.292. The van der Waals surface area contributed by atoms with Crippen LogP contribution < -0.4 is 5.32 Å². The molecule has 2 N–H and O–H groups in total. The molecule has 0 bridgehead atoms. The Morgan fingerprint density at radius 1 is 1.53 bits per heavy atom. The maximum Gasteiger partial charge on any atom is 0.305 e. The van der Waals surface area contributed by atoms with E-state index in [0.717, 1.165) is 5.56 Å². The van der Waals surface area contributed by atoms with Crippen LogP contribution in [0.4, 0.5) is 0 Å². The van der Waals surface area contributed by atoms with Crippen LogP contribution in [0.3, 0.4) is 0 Å². The molecule has 0 saturated heterocycles. The molecule has 0 spiro atoms. The molecule has 0 saturated carbocycles. The van der Waals surface area contributed by atoms with E-state index in [9.17, 15) is 9.59 Å². The highest BCUT2D eigenvalue weighted by molar-refractivity contribution is 7.07. The van der Waals surface area contributed by atoms with Crippen molar-refractivity contribution in [2.45, 2.75) is 38.6 Å². The van der Waals surface area contributed by atoms with E-state index in [1.807, 2.05) is 23.8 Å². The van der Waals surface area contributed by atoms with Crippen molar-refractivity contribution in [2.24, 2.45) is 0 Å². The van der Waals surface area contributed by atoms with E-state index in [2.05, 4.69) is 5.32 Å². The number of carboxylic acids is 1. The average Bonchev–Trinajstić information content (AvgIpc) is 2.68. The zero-order chi connectivity index (χ0) is 12.9. The minimum absolute atomic E-state index is 0.0567. The number of hydrogen-bond donors (Lipinski definition) is 2. The maximum absolute atomic E-state index is 11.8. The Morgan fingerprint density at radius 3 is 2.71 bits per heavy atom. The van der Waals surface area contributed by atoms with Gasteiger partial charge in [-0.15, -0.1) is 0 Å². The molecular weight excluding hydrogens is 238 g/mol. The summed E-state index contributed by atoms with van der Waals surface area (Å²) in [5, 5.41) is 15.4. The number of carbonyl (C=O) groups excluding carboxylic acids is 1. The lowest BCUT2D eigenvalue weighted by Crippen LogP contribution is -2.47. The predicted octanol–water partition coefficient (Wildman–Crippen LogP) is 2.05. The molecule has 17 heavy (non-hydrogen) atoms. The number of rotatable bonds is 6. The number of aliphatic carboxylic acids is 1. The van der Waals surface area contributed by atoms with E-state index in [1.54, 1.807) is 18.3 Å². The normalized spacial score (nSPS) is 14.0. The summed E-state index contributed by atoms with van der Waals surface area (Å²) in [6.07, 6.45) is 0.840. The van der Waals surface area contributed by atoms with Crippen LogP contribution in [0, 0.1) is 0 Å². The molecule has 1 atom stereocenters. The molecule has 0 fully saturated rings. The summed E-state index contributed by atoms with van der Waals surface area (Å²) in [5.74, 6) is -1.03. The number of nitrogens with one attached hydrogen (secondary N) is 1. The first-order chi connectivity index (χ1) is 7.95. The third kappa shape index (κ3) is 4.56. The Hall–Kier alpha value is -1.36. The lowest BCUT2D eigenvalue weighted by molar-refractivity contribution is -0.139. The zero-order valence-corrected chi connectivity index (χ0v) is 10.8. The molecule has 94 valence electrons. The van der Waals surface area contributed by atoms with Crippen LogP contribution in [-0.4, -0.2) is 22.5 Å². The van der Waals surface area contributed by atoms with Gasteiger partial charge in [-0.2, -0.15) is 11.3 Å². The highest BCUT2D eigenvalue weighted by Gasteiger charge is 2.27. The van der Waals surface area contributed by atoms with E-state index in [1.165, 1.54) is 0 Å². The van der Waals surface area contributed by atoms with Gasteiger partial charge in [0.1, 0.15) is 0 Å². The monoisotopic (exact) mass is 255 g/mol. The smallest absolute Gasteiger partial charge is 0.305 e. The summed E-state index contributed by atoms with van der Waals surface area (Å²) in [6, 6.07) is 1.89. The number of hydrogen-bond acceptors (Lipinski definition) is 3. The first-order valence-electron chi connectivity index (χ1n) is 5.49. The highest BCUT2D eigenvalue weighted by Crippen LogP contribution is 2.15. The molecule has 4 nitrogen and oxygen atoms in total. The van der Waals surface area contributed by atoms with Gasteiger partial charge in [0.25, 0.3) is 0 Å². The second kappa shape index (κ2) is 5.82. The van der Waals surface area contributed by atoms with Gasteiger partial charge < -0.3 is 10.4 Å². The Bertz CT molecular complexity index is 388. The van der Waals surface area contributed by atoms with Gasteiger partial charge in [-0.3, -0.25) is 9.59 Å². The molecule has 5 heteroatoms. The van der Waals surface area contributed by atoms with Gasteiger partial charge in [0.15, 0.2) is 0 Å². The number of amides is 1. The molecule has 0 aliphatic rings. The average molecular weight is 255 g/mol. The Morgan fingerprint density at radius 2 is 2.24 bits per heavy atom. The summed E-state index contributed by atoms with van der Waals surface area (Å²) in [6.45, 7) is 3.63. The lowest BCUT2D eigenvalue weighted by atomic mass is 9.94. The van der Waals surface area contributed by atoms with Crippen LogP contribution in [-0.2, 0) is 16.0 Å². The zero-order valence-electron chi connectivity index (χ0n) is 10.0. The second-order valence-electron chi connectivity index (χ2n) is 4.34. The standard InChI is InChI=1S/C12H17NO3S/c1-3-12(2,7-11(15)16)13-10(14)6-9-4-5-17-8-9/h4-5,8H,3,6-7H2,1-2H3,(H,13,14)(H,15,16). The third-order valence-electron chi connectivity index (χ3n) is 2.71. The van der Waals surface area contributed by atoms with Crippen LogP contribution in [0.15, 0.2) is 16.8 Å². The summed E-state index contributed by atoms with van der Waals surface area (Å²) < 4.78 is 0. The third-order valence-corrected chi connectivity index (χ3v) is 3.44. The molecule has 1 unspecified atom stereocenters. The van der Waals surface area contributed by atoms with Crippen LogP contribution in [0.1, 0.15) is 32.3 Å². The maximum atomic E-state index is 11.8. The fourth-order valence-corrected chi connectivity index (χ4v) is 2.22. The molecular formula is C12H17NO3S. The number of thiophene rings is 1. The van der Waals surface area contributed by atoms with Crippen LogP contribution >= 0.6 is 11.3 Å². The molecule has 0 aliphatic carbocycles. The van der Waals surface area contributed by atoms with Crippen molar-refractivity contribution in [1.29, 1.82) is 0 Å². The van der Waals surface area contributed by atoms with Crippen LogP contribution in [0.5, 0.6) is 0 Å². The molecule has 0 aliphatic heterocycles. The fraction of sp³-hybridized carbons (Fsp3) is 0.500. The summed E-state index contributed by atoms with van der Waals surface area (Å²) >= 11 is 1.54. The minimum Gasteiger partial charge on any atom is -0.481 e. The van der Waals surface area contributed by atoms with Gasteiger partial charge in [-0.05, 0) is 35.7 Å². The van der Waals surface area contributed by atoms with Crippen molar-refractivity contribution in [3.8, 4) is 0 Å². The Kier molecular flexibility index (Phi) is 4.69. The topological polar surface area (TPSA) is 66.4 Å². The van der Waals surface area contributed by atoms with Gasteiger partial charge in [0.05, 0.1) is 12.8 Å². The SMILES string of the molecule is CCC(C)(CC(=O)O)NC(=O)Cc1ccsc1. The highest BCUT2D eigenvalue weighted by atomic mass is 32.1. The predicted molar refractivity (Wildman–Crippen MR) is 67.1 cm³/mol. The molecule has 1 aromatic heterocycles. The lowest BCUT2D eigenvalue weighted by Gasteiger charge is -2.27. The second-order valence-corrected chi connectivity index (χ2v) is 5.12. The van der Waals surface area contributed by atoms with Gasteiger partial charge >= 0.3 is 5.97 Å². The minimum atomic E-state index is -0.898. The molecule has 0 radical (unpaired) electrons. The largest absolute Gasteiger partial charge is 0.481 e. The van der Waals surface area contributed by atoms with E-state index in [0.29, 0.717) is 12.8 Å². The number of carbonyl (C=O) groups is 2. The van der Waals surface area contributed by atoms with Gasteiger partial charge in [0.2, 0.25) is 5.91 Å². The molecule has 1 amide bonds. The van der Waals surface area contributed by atoms with E-state index in [4.69, 9.17) is 5.11 Å². The van der Waals surface area contributed by atoms with E-state index in [-0.39, 0.29) is 12.3 Å². The van der Waals surface area contributed by atoms with E-state index < -0.39 is 11.5 Å². The Labute approximate surface area is 105 Å². The summed E-state index contributed by atoms with van der Waals surface area (Å²) in [7, 11) is 0. The van der Waals surface area contributed by atoms with Gasteiger partial charge in [-0.1, -0.05) is 6.92 Å². The van der Waals surface area contributed by atoms with Gasteiger partial charge in [0, 0.05) is 5.54 Å². The van der Waals surface area contributed by atoms with E-state index >= 15 is 0 Å². The number of carboxylic acid groups (broad SMARTS) is 1. The van der Waals surface area contributed by atoms with Crippen molar-refractivity contribution in [3.63, 3.8) is 0 Å². The van der Waals surface area contributed by atoms with Crippen molar-refractivity contribution in [2.75, 3.05) is 0 Å². The molecule has 1 aromatic rings. The fourth-order valence-electron chi connectivity index (χ4n) is 1.55. The molecule has 1 rings (SSSR count). The van der Waals surface area contributed by atoms with Crippen LogP contribution in [0.25, 0.3) is 0 Å². The first kappa shape index (κ1) is 13.7. The van der Waals surface area contributed by atoms with Gasteiger partial charge in [-0.25, -0.2) is 0 Å². The Balaban J connectivity index is 2.56.